The van der Waals surface area contributed by atoms with Gasteiger partial charge in [0.1, 0.15) is 5.75 Å². The predicted octanol–water partition coefficient (Wildman–Crippen LogP) is 4.04. The fourth-order valence-electron chi connectivity index (χ4n) is 3.60. The van der Waals surface area contributed by atoms with Crippen LogP contribution in [0.1, 0.15) is 35.8 Å². The number of halogens is 2. The summed E-state index contributed by atoms with van der Waals surface area (Å²) in [5.41, 5.74) is 3.25. The van der Waals surface area contributed by atoms with Gasteiger partial charge in [0, 0.05) is 37.1 Å². The number of benzene rings is 1. The summed E-state index contributed by atoms with van der Waals surface area (Å²) in [6, 6.07) is 10.0. The van der Waals surface area contributed by atoms with E-state index in [0.717, 1.165) is 49.5 Å². The van der Waals surface area contributed by atoms with Crippen molar-refractivity contribution in [3.8, 4) is 5.75 Å². The SMILES string of the molecule is Fc1ccc(OCCc2cc([C@H]3CCCN3Cc3ccncc3)n[nH]2)cc1F. The van der Waals surface area contributed by atoms with Crippen molar-refractivity contribution in [2.75, 3.05) is 13.2 Å². The van der Waals surface area contributed by atoms with E-state index in [0.29, 0.717) is 24.8 Å². The van der Waals surface area contributed by atoms with Crippen LogP contribution in [0, 0.1) is 11.6 Å². The van der Waals surface area contributed by atoms with Crippen molar-refractivity contribution in [1.29, 1.82) is 0 Å². The molecule has 3 heterocycles. The van der Waals surface area contributed by atoms with Crippen LogP contribution in [0.5, 0.6) is 5.75 Å². The zero-order valence-electron chi connectivity index (χ0n) is 15.4. The van der Waals surface area contributed by atoms with Gasteiger partial charge in [0.25, 0.3) is 0 Å². The van der Waals surface area contributed by atoms with Crippen molar-refractivity contribution < 1.29 is 13.5 Å². The van der Waals surface area contributed by atoms with Crippen LogP contribution in [0.15, 0.2) is 48.8 Å². The number of nitrogens with one attached hydrogen (secondary N) is 1. The second-order valence-electron chi connectivity index (χ2n) is 6.98. The monoisotopic (exact) mass is 384 g/mol. The van der Waals surface area contributed by atoms with E-state index in [4.69, 9.17) is 4.74 Å². The van der Waals surface area contributed by atoms with Gasteiger partial charge in [-0.25, -0.2) is 8.78 Å². The Labute approximate surface area is 162 Å². The maximum absolute atomic E-state index is 13.2. The molecular weight excluding hydrogens is 362 g/mol. The molecule has 4 rings (SSSR count). The second-order valence-corrected chi connectivity index (χ2v) is 6.98. The summed E-state index contributed by atoms with van der Waals surface area (Å²) in [7, 11) is 0. The Hall–Kier alpha value is -2.80. The van der Waals surface area contributed by atoms with E-state index in [-0.39, 0.29) is 0 Å². The summed E-state index contributed by atoms with van der Waals surface area (Å²) in [6.45, 7) is 2.29. The fourth-order valence-corrected chi connectivity index (χ4v) is 3.60. The smallest absolute Gasteiger partial charge is 0.162 e. The first-order valence-corrected chi connectivity index (χ1v) is 9.44. The van der Waals surface area contributed by atoms with Gasteiger partial charge in [0.2, 0.25) is 0 Å². The number of rotatable bonds is 7. The number of likely N-dealkylation sites (tertiary alicyclic amines) is 1. The highest BCUT2D eigenvalue weighted by Gasteiger charge is 2.27. The second kappa shape index (κ2) is 8.48. The van der Waals surface area contributed by atoms with E-state index in [1.165, 1.54) is 11.6 Å². The van der Waals surface area contributed by atoms with Crippen molar-refractivity contribution in [2.45, 2.75) is 31.8 Å². The highest BCUT2D eigenvalue weighted by molar-refractivity contribution is 5.24. The third-order valence-corrected chi connectivity index (χ3v) is 5.02. The lowest BCUT2D eigenvalue weighted by Gasteiger charge is -2.22. The predicted molar refractivity (Wildman–Crippen MR) is 101 cm³/mol. The summed E-state index contributed by atoms with van der Waals surface area (Å²) in [5.74, 6) is -1.46. The summed E-state index contributed by atoms with van der Waals surface area (Å²) in [4.78, 5) is 6.51. The number of hydrogen-bond donors (Lipinski definition) is 1. The molecule has 28 heavy (non-hydrogen) atoms. The van der Waals surface area contributed by atoms with Crippen molar-refractivity contribution in [3.63, 3.8) is 0 Å². The average molecular weight is 384 g/mol. The molecule has 1 aliphatic heterocycles. The molecule has 1 aromatic carbocycles. The van der Waals surface area contributed by atoms with Gasteiger partial charge in [-0.1, -0.05) is 0 Å². The van der Waals surface area contributed by atoms with E-state index in [2.05, 4.69) is 26.1 Å². The molecule has 1 saturated heterocycles. The molecule has 1 aliphatic rings. The Kier molecular flexibility index (Phi) is 5.62. The number of nitrogens with zero attached hydrogens (tertiary/aromatic N) is 3. The standard InChI is InChI=1S/C21H22F2N4O/c22-18-4-3-17(13-19(18)23)28-11-7-16-12-20(26-25-16)21-2-1-10-27(21)14-15-5-8-24-9-6-15/h3-6,8-9,12-13,21H,1-2,7,10-11,14H2,(H,25,26)/t21-/m1/s1. The molecule has 1 fully saturated rings. The maximum Gasteiger partial charge on any atom is 0.162 e. The largest absolute Gasteiger partial charge is 0.493 e. The van der Waals surface area contributed by atoms with E-state index >= 15 is 0 Å². The highest BCUT2D eigenvalue weighted by Crippen LogP contribution is 2.32. The summed E-state index contributed by atoms with van der Waals surface area (Å²) in [6.07, 6.45) is 6.49. The molecule has 0 saturated carbocycles. The number of ether oxygens (including phenoxy) is 1. The Morgan fingerprint density at radius 2 is 1.96 bits per heavy atom. The third-order valence-electron chi connectivity index (χ3n) is 5.02. The molecule has 0 bridgehead atoms. The molecule has 1 atom stereocenters. The van der Waals surface area contributed by atoms with Gasteiger partial charge in [0.15, 0.2) is 11.6 Å². The molecule has 2 aromatic heterocycles. The van der Waals surface area contributed by atoms with Crippen LogP contribution in [0.25, 0.3) is 0 Å². The molecule has 0 amide bonds. The molecule has 0 unspecified atom stereocenters. The van der Waals surface area contributed by atoms with Gasteiger partial charge >= 0.3 is 0 Å². The minimum atomic E-state index is -0.906. The maximum atomic E-state index is 13.2. The summed E-state index contributed by atoms with van der Waals surface area (Å²) >= 11 is 0. The minimum absolute atomic E-state index is 0.297. The van der Waals surface area contributed by atoms with Gasteiger partial charge in [-0.3, -0.25) is 15.0 Å². The Balaban J connectivity index is 1.33. The zero-order chi connectivity index (χ0) is 19.3. The lowest BCUT2D eigenvalue weighted by atomic mass is 10.1. The van der Waals surface area contributed by atoms with E-state index in [9.17, 15) is 8.78 Å². The molecule has 0 spiro atoms. The molecule has 0 aliphatic carbocycles. The Morgan fingerprint density at radius 1 is 1.11 bits per heavy atom. The zero-order valence-corrected chi connectivity index (χ0v) is 15.4. The van der Waals surface area contributed by atoms with Crippen molar-refractivity contribution in [1.82, 2.24) is 20.1 Å². The van der Waals surface area contributed by atoms with Gasteiger partial charge in [0.05, 0.1) is 18.3 Å². The van der Waals surface area contributed by atoms with Crippen LogP contribution >= 0.6 is 0 Å². The Bertz CT molecular complexity index is 916. The molecule has 146 valence electrons. The van der Waals surface area contributed by atoms with Gasteiger partial charge in [-0.2, -0.15) is 5.10 Å². The average Bonchev–Trinajstić information content (AvgIpc) is 3.35. The van der Waals surface area contributed by atoms with Gasteiger partial charge in [-0.05, 0) is 55.3 Å². The van der Waals surface area contributed by atoms with Crippen LogP contribution in [-0.2, 0) is 13.0 Å². The Morgan fingerprint density at radius 3 is 2.79 bits per heavy atom. The number of hydrogen-bond acceptors (Lipinski definition) is 4. The van der Waals surface area contributed by atoms with E-state index in [1.54, 1.807) is 0 Å². The third kappa shape index (κ3) is 4.36. The van der Waals surface area contributed by atoms with Crippen molar-refractivity contribution in [2.24, 2.45) is 0 Å². The molecule has 3 aromatic rings. The van der Waals surface area contributed by atoms with Crippen LogP contribution < -0.4 is 4.74 Å². The first-order valence-electron chi connectivity index (χ1n) is 9.44. The normalized spacial score (nSPS) is 17.1. The first kappa shape index (κ1) is 18.6. The molecule has 5 nitrogen and oxygen atoms in total. The molecule has 1 N–H and O–H groups in total. The van der Waals surface area contributed by atoms with E-state index < -0.39 is 11.6 Å². The lowest BCUT2D eigenvalue weighted by molar-refractivity contribution is 0.244. The topological polar surface area (TPSA) is 54.0 Å². The minimum Gasteiger partial charge on any atom is -0.493 e. The summed E-state index contributed by atoms with van der Waals surface area (Å²) in [5, 5.41) is 7.57. The first-order chi connectivity index (χ1) is 13.7. The lowest BCUT2D eigenvalue weighted by Crippen LogP contribution is -2.23. The van der Waals surface area contributed by atoms with E-state index in [1.807, 2.05) is 24.5 Å². The molecule has 0 radical (unpaired) electrons. The fraction of sp³-hybridized carbons (Fsp3) is 0.333. The number of aromatic amines is 1. The van der Waals surface area contributed by atoms with Crippen LogP contribution in [0.3, 0.4) is 0 Å². The highest BCUT2D eigenvalue weighted by atomic mass is 19.2. The van der Waals surface area contributed by atoms with Crippen molar-refractivity contribution >= 4 is 0 Å². The molecule has 7 heteroatoms. The number of H-pyrrole nitrogens is 1. The molecular formula is C21H22F2N4O. The van der Waals surface area contributed by atoms with Crippen molar-refractivity contribution in [3.05, 3.63) is 77.4 Å². The van der Waals surface area contributed by atoms with Gasteiger partial charge < -0.3 is 4.74 Å². The number of pyridine rings is 1. The van der Waals surface area contributed by atoms with Crippen LogP contribution in [0.2, 0.25) is 0 Å². The quantitative estimate of drug-likeness (QED) is 0.668. The van der Waals surface area contributed by atoms with Crippen LogP contribution in [0.4, 0.5) is 8.78 Å². The van der Waals surface area contributed by atoms with Gasteiger partial charge in [-0.15, -0.1) is 0 Å². The van der Waals surface area contributed by atoms with Crippen LogP contribution in [-0.4, -0.2) is 33.2 Å². The summed E-state index contributed by atoms with van der Waals surface area (Å²) < 4.78 is 31.7. The number of aromatic nitrogens is 3.